The SMILES string of the molecule is O=C(Oc1ccc(C2COC(c3ccc(C(F)(F)F)cc3)(c3ccc(C(F)(F)F)cc3)OC2)cc1)c1ccc(I)cc1. The van der Waals surface area contributed by atoms with Crippen molar-refractivity contribution in [1.29, 1.82) is 0 Å². The third-order valence-electron chi connectivity index (χ3n) is 6.80. The van der Waals surface area contributed by atoms with E-state index in [4.69, 9.17) is 14.2 Å². The van der Waals surface area contributed by atoms with Crippen LogP contribution in [-0.4, -0.2) is 19.2 Å². The summed E-state index contributed by atoms with van der Waals surface area (Å²) in [5.74, 6) is -2.23. The first kappa shape index (κ1) is 30.1. The molecule has 1 aliphatic rings. The molecule has 0 N–H and O–H groups in total. The maximum Gasteiger partial charge on any atom is 0.416 e. The molecule has 1 aliphatic heterocycles. The molecule has 0 spiro atoms. The lowest BCUT2D eigenvalue weighted by Crippen LogP contribution is -2.42. The van der Waals surface area contributed by atoms with E-state index in [1.165, 1.54) is 24.3 Å². The van der Waals surface area contributed by atoms with Crippen LogP contribution >= 0.6 is 22.6 Å². The molecule has 0 aliphatic carbocycles. The van der Waals surface area contributed by atoms with Crippen LogP contribution in [0, 0.1) is 3.57 Å². The first-order chi connectivity index (χ1) is 19.8. The Bertz CT molecular complexity index is 1460. The molecule has 5 rings (SSSR count). The lowest BCUT2D eigenvalue weighted by atomic mass is 9.92. The fourth-order valence-electron chi connectivity index (χ4n) is 4.54. The summed E-state index contributed by atoms with van der Waals surface area (Å²) in [6.45, 7) is 0.0909. The van der Waals surface area contributed by atoms with Gasteiger partial charge in [-0.1, -0.05) is 36.4 Å². The molecule has 11 heteroatoms. The number of hydrogen-bond donors (Lipinski definition) is 0. The van der Waals surface area contributed by atoms with E-state index in [2.05, 4.69) is 22.6 Å². The lowest BCUT2D eigenvalue weighted by Gasteiger charge is -2.41. The molecule has 0 amide bonds. The van der Waals surface area contributed by atoms with Crippen molar-refractivity contribution in [1.82, 2.24) is 0 Å². The zero-order valence-electron chi connectivity index (χ0n) is 21.5. The Balaban J connectivity index is 1.35. The van der Waals surface area contributed by atoms with Crippen LogP contribution in [0.4, 0.5) is 26.3 Å². The van der Waals surface area contributed by atoms with Gasteiger partial charge in [0.25, 0.3) is 0 Å². The van der Waals surface area contributed by atoms with Crippen molar-refractivity contribution < 1.29 is 45.3 Å². The summed E-state index contributed by atoms with van der Waals surface area (Å²) in [6.07, 6.45) is -9.14. The van der Waals surface area contributed by atoms with Gasteiger partial charge in [-0.05, 0) is 88.8 Å². The first-order valence-electron chi connectivity index (χ1n) is 12.6. The average Bonchev–Trinajstić information content (AvgIpc) is 2.97. The number of carbonyl (C=O) groups is 1. The highest BCUT2D eigenvalue weighted by molar-refractivity contribution is 14.1. The molecule has 1 saturated heterocycles. The zero-order chi connectivity index (χ0) is 30.1. The lowest BCUT2D eigenvalue weighted by molar-refractivity contribution is -0.256. The number of alkyl halides is 6. The molecule has 1 fully saturated rings. The number of rotatable bonds is 5. The van der Waals surface area contributed by atoms with Gasteiger partial charge >= 0.3 is 18.3 Å². The van der Waals surface area contributed by atoms with E-state index in [0.29, 0.717) is 11.3 Å². The molecule has 218 valence electrons. The van der Waals surface area contributed by atoms with Crippen molar-refractivity contribution in [3.05, 3.63) is 134 Å². The Kier molecular flexibility index (Phi) is 8.37. The van der Waals surface area contributed by atoms with Crippen molar-refractivity contribution >= 4 is 28.6 Å². The molecule has 4 nitrogen and oxygen atoms in total. The summed E-state index contributed by atoms with van der Waals surface area (Å²) >= 11 is 2.13. The Labute approximate surface area is 250 Å². The van der Waals surface area contributed by atoms with Gasteiger partial charge in [0.15, 0.2) is 0 Å². The second kappa shape index (κ2) is 11.7. The average molecular weight is 698 g/mol. The van der Waals surface area contributed by atoms with Crippen molar-refractivity contribution in [2.45, 2.75) is 24.1 Å². The topological polar surface area (TPSA) is 44.8 Å². The highest BCUT2D eigenvalue weighted by atomic mass is 127. The Morgan fingerprint density at radius 2 is 1.14 bits per heavy atom. The minimum atomic E-state index is -4.57. The first-order valence-corrected chi connectivity index (χ1v) is 13.6. The third-order valence-corrected chi connectivity index (χ3v) is 7.52. The molecular weight excluding hydrogens is 677 g/mol. The van der Waals surface area contributed by atoms with Crippen LogP contribution in [-0.2, 0) is 27.6 Å². The zero-order valence-corrected chi connectivity index (χ0v) is 23.7. The number of esters is 1. The van der Waals surface area contributed by atoms with Gasteiger partial charge in [0.05, 0.1) is 29.9 Å². The quantitative estimate of drug-likeness (QED) is 0.0908. The molecule has 42 heavy (non-hydrogen) atoms. The largest absolute Gasteiger partial charge is 0.423 e. The van der Waals surface area contributed by atoms with Crippen LogP contribution in [0.5, 0.6) is 5.75 Å². The highest BCUT2D eigenvalue weighted by Crippen LogP contribution is 2.43. The van der Waals surface area contributed by atoms with E-state index in [9.17, 15) is 31.1 Å². The number of carbonyl (C=O) groups excluding carboxylic acids is 1. The van der Waals surface area contributed by atoms with Crippen LogP contribution in [0.3, 0.4) is 0 Å². The van der Waals surface area contributed by atoms with E-state index in [1.54, 1.807) is 48.5 Å². The highest BCUT2D eigenvalue weighted by Gasteiger charge is 2.43. The molecule has 0 unspecified atom stereocenters. The summed E-state index contributed by atoms with van der Waals surface area (Å²) in [5, 5.41) is 0. The fourth-order valence-corrected chi connectivity index (χ4v) is 4.89. The molecule has 4 aromatic carbocycles. The Morgan fingerprint density at radius 3 is 1.57 bits per heavy atom. The molecule has 0 bridgehead atoms. The second-order valence-electron chi connectivity index (χ2n) is 9.55. The molecular formula is C31H21F6IO4. The van der Waals surface area contributed by atoms with Crippen LogP contribution in [0.15, 0.2) is 97.1 Å². The van der Waals surface area contributed by atoms with E-state index >= 15 is 0 Å². The monoisotopic (exact) mass is 698 g/mol. The van der Waals surface area contributed by atoms with E-state index in [0.717, 1.165) is 33.4 Å². The van der Waals surface area contributed by atoms with Gasteiger partial charge in [-0.3, -0.25) is 0 Å². The maximum atomic E-state index is 13.2. The Hall–Kier alpha value is -3.42. The van der Waals surface area contributed by atoms with Crippen molar-refractivity contribution in [3.8, 4) is 5.75 Å². The van der Waals surface area contributed by atoms with Crippen molar-refractivity contribution in [2.75, 3.05) is 13.2 Å². The van der Waals surface area contributed by atoms with Gasteiger partial charge in [-0.2, -0.15) is 26.3 Å². The van der Waals surface area contributed by atoms with Gasteiger partial charge < -0.3 is 14.2 Å². The van der Waals surface area contributed by atoms with Gasteiger partial charge in [0, 0.05) is 20.6 Å². The molecule has 0 saturated carbocycles. The Morgan fingerprint density at radius 1 is 0.690 bits per heavy atom. The molecule has 1 heterocycles. The van der Waals surface area contributed by atoms with Gasteiger partial charge in [0.2, 0.25) is 5.79 Å². The van der Waals surface area contributed by atoms with Gasteiger partial charge in [-0.25, -0.2) is 4.79 Å². The smallest absolute Gasteiger partial charge is 0.416 e. The van der Waals surface area contributed by atoms with E-state index in [-0.39, 0.29) is 30.3 Å². The molecule has 0 radical (unpaired) electrons. The summed E-state index contributed by atoms with van der Waals surface area (Å²) in [5.41, 5.74) is -0.192. The van der Waals surface area contributed by atoms with Crippen LogP contribution < -0.4 is 4.74 Å². The summed E-state index contributed by atoms with van der Waals surface area (Å²) < 4.78 is 97.8. The van der Waals surface area contributed by atoms with Crippen LogP contribution in [0.25, 0.3) is 0 Å². The number of hydrogen-bond acceptors (Lipinski definition) is 4. The van der Waals surface area contributed by atoms with Crippen molar-refractivity contribution in [3.63, 3.8) is 0 Å². The van der Waals surface area contributed by atoms with Gasteiger partial charge in [-0.15, -0.1) is 0 Å². The molecule has 0 aromatic heterocycles. The summed E-state index contributed by atoms with van der Waals surface area (Å²) in [4.78, 5) is 12.4. The van der Waals surface area contributed by atoms with Crippen molar-refractivity contribution in [2.24, 2.45) is 0 Å². The normalized spacial score (nSPS) is 15.8. The minimum Gasteiger partial charge on any atom is -0.423 e. The van der Waals surface area contributed by atoms with Crippen LogP contribution in [0.2, 0.25) is 0 Å². The summed E-state index contributed by atoms with van der Waals surface area (Å²) in [6, 6.07) is 21.9. The predicted molar refractivity (Wildman–Crippen MR) is 149 cm³/mol. The summed E-state index contributed by atoms with van der Waals surface area (Å²) in [7, 11) is 0. The number of benzene rings is 4. The minimum absolute atomic E-state index is 0.0455. The second-order valence-corrected chi connectivity index (χ2v) is 10.8. The standard InChI is InChI=1S/C31H21F6IO4/c32-30(33,34)24-9-5-22(6-10-24)29(23-7-11-25(12-8-23)31(35,36)37)40-17-21(18-41-29)19-3-15-27(16-4-19)42-28(39)20-1-13-26(38)14-2-20/h1-16,21H,17-18H2. The number of halogens is 7. The van der Waals surface area contributed by atoms with E-state index in [1.807, 2.05) is 0 Å². The fraction of sp³-hybridized carbons (Fsp3) is 0.194. The molecule has 0 atom stereocenters. The van der Waals surface area contributed by atoms with E-state index < -0.39 is 35.2 Å². The maximum absolute atomic E-state index is 13.2. The number of ether oxygens (including phenoxy) is 3. The predicted octanol–water partition coefficient (Wildman–Crippen LogP) is 8.58. The molecule has 4 aromatic rings. The van der Waals surface area contributed by atoms with Gasteiger partial charge in [0.1, 0.15) is 5.75 Å². The third kappa shape index (κ3) is 6.47. The van der Waals surface area contributed by atoms with Crippen LogP contribution in [0.1, 0.15) is 44.1 Å².